The Morgan fingerprint density at radius 2 is 2.04 bits per heavy atom. The molecule has 0 unspecified atom stereocenters. The number of benzene rings is 1. The lowest BCUT2D eigenvalue weighted by molar-refractivity contribution is 0.0528. The van der Waals surface area contributed by atoms with Crippen molar-refractivity contribution in [1.82, 2.24) is 0 Å². The van der Waals surface area contributed by atoms with E-state index < -0.39 is 11.9 Å². The zero-order valence-corrected chi connectivity index (χ0v) is 15.9. The van der Waals surface area contributed by atoms with Crippen LogP contribution in [0.5, 0.6) is 5.75 Å². The molecule has 2 heterocycles. The van der Waals surface area contributed by atoms with Crippen LogP contribution in [0.1, 0.15) is 32.5 Å². The van der Waals surface area contributed by atoms with Crippen molar-refractivity contribution in [2.45, 2.75) is 13.8 Å². The van der Waals surface area contributed by atoms with Crippen LogP contribution in [-0.2, 0) is 4.74 Å². The molecule has 8 heteroatoms. The number of fused-ring (bicyclic) bond motifs is 1. The van der Waals surface area contributed by atoms with E-state index in [1.165, 1.54) is 18.4 Å². The Balaban J connectivity index is 1.97. The summed E-state index contributed by atoms with van der Waals surface area (Å²) in [5.74, 6) is -0.566. The van der Waals surface area contributed by atoms with Gasteiger partial charge in [-0.05, 0) is 32.0 Å². The Labute approximate surface area is 159 Å². The van der Waals surface area contributed by atoms with Crippen LogP contribution in [0.2, 0.25) is 0 Å². The summed E-state index contributed by atoms with van der Waals surface area (Å²) in [6.45, 7) is 3.78. The zero-order chi connectivity index (χ0) is 19.6. The first-order valence-electron chi connectivity index (χ1n) is 8.19. The van der Waals surface area contributed by atoms with Crippen LogP contribution in [0.3, 0.4) is 0 Å². The van der Waals surface area contributed by atoms with E-state index in [0.29, 0.717) is 27.3 Å². The van der Waals surface area contributed by atoms with Gasteiger partial charge in [0.25, 0.3) is 5.91 Å². The summed E-state index contributed by atoms with van der Waals surface area (Å²) in [5, 5.41) is 11.8. The van der Waals surface area contributed by atoms with Gasteiger partial charge in [-0.25, -0.2) is 4.79 Å². The smallest absolute Gasteiger partial charge is 0.341 e. The number of aryl methyl sites for hydroxylation is 1. The number of methoxy groups -OCH3 is 1. The minimum Gasteiger partial charge on any atom is -0.493 e. The van der Waals surface area contributed by atoms with E-state index in [2.05, 4.69) is 5.32 Å². The number of rotatable bonds is 5. The molecule has 0 spiro atoms. The molecule has 0 fully saturated rings. The van der Waals surface area contributed by atoms with Gasteiger partial charge in [-0.3, -0.25) is 10.2 Å². The average molecular weight is 386 g/mol. The molecule has 0 bridgehead atoms. The highest BCUT2D eigenvalue weighted by molar-refractivity contribution is 7.16. The second-order valence-corrected chi connectivity index (χ2v) is 6.90. The van der Waals surface area contributed by atoms with Crippen molar-refractivity contribution in [2.75, 3.05) is 19.0 Å². The molecule has 3 aromatic rings. The Morgan fingerprint density at radius 1 is 1.26 bits per heavy atom. The highest BCUT2D eigenvalue weighted by Crippen LogP contribution is 2.29. The monoisotopic (exact) mass is 386 g/mol. The van der Waals surface area contributed by atoms with Gasteiger partial charge < -0.3 is 19.2 Å². The molecule has 27 heavy (non-hydrogen) atoms. The first kappa shape index (κ1) is 18.7. The van der Waals surface area contributed by atoms with Gasteiger partial charge in [-0.1, -0.05) is 12.1 Å². The van der Waals surface area contributed by atoms with Gasteiger partial charge in [0.15, 0.2) is 11.3 Å². The van der Waals surface area contributed by atoms with Crippen molar-refractivity contribution in [3.05, 3.63) is 51.9 Å². The van der Waals surface area contributed by atoms with Crippen molar-refractivity contribution in [1.29, 1.82) is 5.41 Å². The van der Waals surface area contributed by atoms with E-state index in [9.17, 15) is 9.59 Å². The number of hydrogen-bond acceptors (Lipinski definition) is 7. The topological polar surface area (TPSA) is 102 Å². The summed E-state index contributed by atoms with van der Waals surface area (Å²) < 4.78 is 15.7. The van der Waals surface area contributed by atoms with Gasteiger partial charge in [0.2, 0.25) is 5.55 Å². The summed E-state index contributed by atoms with van der Waals surface area (Å²) in [6, 6.07) is 8.46. The lowest BCUT2D eigenvalue weighted by Gasteiger charge is -2.08. The fourth-order valence-electron chi connectivity index (χ4n) is 2.60. The fraction of sp³-hybridized carbons (Fsp3) is 0.211. The lowest BCUT2D eigenvalue weighted by Crippen LogP contribution is -2.21. The minimum atomic E-state index is -0.541. The number of thiophene rings is 1. The molecule has 0 aliphatic rings. The quantitative estimate of drug-likeness (QED) is 0.651. The zero-order valence-electron chi connectivity index (χ0n) is 15.0. The van der Waals surface area contributed by atoms with Crippen LogP contribution in [-0.4, -0.2) is 25.6 Å². The summed E-state index contributed by atoms with van der Waals surface area (Å²) in [5.41, 5.74) is 0.437. The number of carbonyl (C=O) groups excluding carboxylic acids is 2. The fourth-order valence-corrected chi connectivity index (χ4v) is 3.50. The van der Waals surface area contributed by atoms with Gasteiger partial charge in [-0.2, -0.15) is 0 Å². The molecule has 2 aromatic heterocycles. The normalized spacial score (nSPS) is 10.6. The van der Waals surface area contributed by atoms with Crippen molar-refractivity contribution >= 4 is 39.2 Å². The Kier molecular flexibility index (Phi) is 5.27. The molecule has 3 rings (SSSR count). The first-order chi connectivity index (χ1) is 12.9. The third-order valence-corrected chi connectivity index (χ3v) is 4.77. The molecule has 0 aliphatic carbocycles. The maximum Gasteiger partial charge on any atom is 0.341 e. The molecule has 0 radical (unpaired) electrons. The summed E-state index contributed by atoms with van der Waals surface area (Å²) in [4.78, 5) is 25.6. The number of nitrogens with one attached hydrogen (secondary N) is 2. The highest BCUT2D eigenvalue weighted by Gasteiger charge is 2.20. The number of hydrogen-bond donors (Lipinski definition) is 2. The molecule has 140 valence electrons. The molecule has 0 saturated carbocycles. The molecule has 7 nitrogen and oxygen atoms in total. The Hall–Kier alpha value is -3.13. The van der Waals surface area contributed by atoms with E-state index in [4.69, 9.17) is 19.3 Å². The standard InChI is InChI=1S/C19H18N2O5S/c1-4-25-19(23)13-8-10(2)27-18(13)21-17(22)12-9-11-6-5-7-14(24-3)15(11)26-16(12)20/h5-9,20H,4H2,1-3H3,(H,21,22). The maximum atomic E-state index is 12.7. The predicted molar refractivity (Wildman–Crippen MR) is 102 cm³/mol. The van der Waals surface area contributed by atoms with Gasteiger partial charge >= 0.3 is 5.97 Å². The van der Waals surface area contributed by atoms with Gasteiger partial charge in [-0.15, -0.1) is 11.3 Å². The number of esters is 1. The van der Waals surface area contributed by atoms with Crippen LogP contribution in [0.4, 0.5) is 5.00 Å². The van der Waals surface area contributed by atoms with E-state index in [-0.39, 0.29) is 17.7 Å². The first-order valence-corrected chi connectivity index (χ1v) is 9.00. The highest BCUT2D eigenvalue weighted by atomic mass is 32.1. The molecule has 2 N–H and O–H groups in total. The van der Waals surface area contributed by atoms with E-state index in [1.807, 2.05) is 6.92 Å². The summed E-state index contributed by atoms with van der Waals surface area (Å²) in [7, 11) is 1.50. The van der Waals surface area contributed by atoms with E-state index in [0.717, 1.165) is 4.88 Å². The number of carbonyl (C=O) groups is 2. The van der Waals surface area contributed by atoms with Gasteiger partial charge in [0.1, 0.15) is 10.6 Å². The molecule has 1 aromatic carbocycles. The summed E-state index contributed by atoms with van der Waals surface area (Å²) in [6.07, 6.45) is 0. The predicted octanol–water partition coefficient (Wildman–Crippen LogP) is 3.72. The Bertz CT molecular complexity index is 1080. The lowest BCUT2D eigenvalue weighted by atomic mass is 10.1. The van der Waals surface area contributed by atoms with Gasteiger partial charge in [0, 0.05) is 10.3 Å². The largest absolute Gasteiger partial charge is 0.493 e. The van der Waals surface area contributed by atoms with E-state index >= 15 is 0 Å². The van der Waals surface area contributed by atoms with Gasteiger partial charge in [0.05, 0.1) is 19.3 Å². The molecule has 0 saturated heterocycles. The third kappa shape index (κ3) is 3.70. The molecule has 0 atom stereocenters. The average Bonchev–Trinajstić information content (AvgIpc) is 3.01. The van der Waals surface area contributed by atoms with E-state index in [1.54, 1.807) is 37.3 Å². The third-order valence-electron chi connectivity index (χ3n) is 3.80. The minimum absolute atomic E-state index is 0.0524. The summed E-state index contributed by atoms with van der Waals surface area (Å²) >= 11 is 1.26. The molecule has 1 amide bonds. The van der Waals surface area contributed by atoms with Crippen molar-refractivity contribution in [3.63, 3.8) is 0 Å². The molecular weight excluding hydrogens is 368 g/mol. The second kappa shape index (κ2) is 7.63. The van der Waals surface area contributed by atoms with Crippen molar-refractivity contribution < 1.29 is 23.5 Å². The van der Waals surface area contributed by atoms with Crippen LogP contribution >= 0.6 is 11.3 Å². The number of amides is 1. The maximum absolute atomic E-state index is 12.7. The SMILES string of the molecule is CCOC(=O)c1cc(C)sc1NC(=O)c1cc2cccc(OC)c2oc1=N. The molecular formula is C19H18N2O5S. The number of anilines is 1. The Morgan fingerprint density at radius 3 is 2.74 bits per heavy atom. The number of ether oxygens (including phenoxy) is 2. The van der Waals surface area contributed by atoms with Crippen LogP contribution in [0, 0.1) is 12.3 Å². The van der Waals surface area contributed by atoms with Crippen LogP contribution in [0.25, 0.3) is 11.0 Å². The second-order valence-electron chi connectivity index (χ2n) is 5.64. The van der Waals surface area contributed by atoms with Crippen molar-refractivity contribution in [2.24, 2.45) is 0 Å². The van der Waals surface area contributed by atoms with Crippen molar-refractivity contribution in [3.8, 4) is 5.75 Å². The molecule has 0 aliphatic heterocycles. The van der Waals surface area contributed by atoms with Crippen LogP contribution < -0.4 is 15.6 Å². The van der Waals surface area contributed by atoms with Crippen LogP contribution in [0.15, 0.2) is 34.7 Å². The number of para-hydroxylation sites is 1.